The molecule has 0 saturated heterocycles. The van der Waals surface area contributed by atoms with Gasteiger partial charge in [-0.1, -0.05) is 0 Å². The highest BCUT2D eigenvalue weighted by Crippen LogP contribution is 2.32. The SMILES string of the molecule is Nc1nccc2cc(CC(F)(F)F)sc12. The molecule has 0 bridgehead atoms. The van der Waals surface area contributed by atoms with Gasteiger partial charge in [0.2, 0.25) is 0 Å². The summed E-state index contributed by atoms with van der Waals surface area (Å²) < 4.78 is 37.0. The molecule has 0 aliphatic rings. The molecule has 15 heavy (non-hydrogen) atoms. The summed E-state index contributed by atoms with van der Waals surface area (Å²) in [6.45, 7) is 0. The highest BCUT2D eigenvalue weighted by atomic mass is 32.1. The topological polar surface area (TPSA) is 38.9 Å². The molecule has 0 atom stereocenters. The van der Waals surface area contributed by atoms with Crippen LogP contribution in [0.1, 0.15) is 4.88 Å². The minimum Gasteiger partial charge on any atom is -0.383 e. The summed E-state index contributed by atoms with van der Waals surface area (Å²) in [7, 11) is 0. The van der Waals surface area contributed by atoms with Gasteiger partial charge in [-0.15, -0.1) is 11.3 Å². The van der Waals surface area contributed by atoms with Crippen molar-refractivity contribution < 1.29 is 13.2 Å². The fraction of sp³-hybridized carbons (Fsp3) is 0.222. The summed E-state index contributed by atoms with van der Waals surface area (Å²) in [5, 5.41) is 0.715. The first-order chi connectivity index (χ1) is 6.96. The average molecular weight is 232 g/mol. The number of nitrogens with zero attached hydrogens (tertiary/aromatic N) is 1. The van der Waals surface area contributed by atoms with Crippen molar-refractivity contribution >= 4 is 27.2 Å². The van der Waals surface area contributed by atoms with E-state index in [-0.39, 0.29) is 10.7 Å². The van der Waals surface area contributed by atoms with E-state index in [2.05, 4.69) is 4.98 Å². The Hall–Kier alpha value is -1.30. The van der Waals surface area contributed by atoms with E-state index in [1.807, 2.05) is 0 Å². The van der Waals surface area contributed by atoms with Crippen LogP contribution in [-0.2, 0) is 6.42 Å². The molecule has 0 radical (unpaired) electrons. The van der Waals surface area contributed by atoms with Gasteiger partial charge in [0.05, 0.1) is 11.1 Å². The van der Waals surface area contributed by atoms with Crippen LogP contribution in [0.25, 0.3) is 10.1 Å². The average Bonchev–Trinajstić information content (AvgIpc) is 2.45. The second-order valence-corrected chi connectivity index (χ2v) is 4.26. The first-order valence-corrected chi connectivity index (χ1v) is 4.97. The Morgan fingerprint density at radius 3 is 2.73 bits per heavy atom. The van der Waals surface area contributed by atoms with E-state index >= 15 is 0 Å². The summed E-state index contributed by atoms with van der Waals surface area (Å²) in [5.41, 5.74) is 5.55. The van der Waals surface area contributed by atoms with E-state index in [0.29, 0.717) is 10.1 Å². The molecule has 0 aliphatic heterocycles. The van der Waals surface area contributed by atoms with Gasteiger partial charge in [-0.3, -0.25) is 0 Å². The number of anilines is 1. The van der Waals surface area contributed by atoms with E-state index in [1.165, 1.54) is 12.3 Å². The number of nitrogen functional groups attached to an aromatic ring is 1. The Morgan fingerprint density at radius 1 is 1.40 bits per heavy atom. The van der Waals surface area contributed by atoms with Crippen LogP contribution in [-0.4, -0.2) is 11.2 Å². The third kappa shape index (κ3) is 2.20. The van der Waals surface area contributed by atoms with Crippen molar-refractivity contribution in [3.63, 3.8) is 0 Å². The Labute approximate surface area is 87.5 Å². The van der Waals surface area contributed by atoms with E-state index in [0.717, 1.165) is 11.3 Å². The number of alkyl halides is 3. The van der Waals surface area contributed by atoms with Crippen molar-refractivity contribution in [3.05, 3.63) is 23.2 Å². The highest BCUT2D eigenvalue weighted by Gasteiger charge is 2.28. The maximum atomic E-state index is 12.1. The molecule has 0 amide bonds. The number of aromatic nitrogens is 1. The van der Waals surface area contributed by atoms with Crippen molar-refractivity contribution in [1.82, 2.24) is 4.98 Å². The Morgan fingerprint density at radius 2 is 2.13 bits per heavy atom. The number of pyridine rings is 1. The van der Waals surface area contributed by atoms with E-state index in [4.69, 9.17) is 5.73 Å². The summed E-state index contributed by atoms with van der Waals surface area (Å²) in [6, 6.07) is 3.16. The monoisotopic (exact) mass is 232 g/mol. The van der Waals surface area contributed by atoms with Crippen LogP contribution in [0.15, 0.2) is 18.3 Å². The summed E-state index contributed by atoms with van der Waals surface area (Å²) in [4.78, 5) is 4.09. The summed E-state index contributed by atoms with van der Waals surface area (Å²) in [6.07, 6.45) is -3.60. The molecular formula is C9H7F3N2S. The van der Waals surface area contributed by atoms with Crippen molar-refractivity contribution in [2.45, 2.75) is 12.6 Å². The Kier molecular flexibility index (Phi) is 2.30. The van der Waals surface area contributed by atoms with Gasteiger partial charge in [0.25, 0.3) is 0 Å². The number of thiophene rings is 1. The molecule has 80 valence electrons. The molecule has 2 aromatic heterocycles. The van der Waals surface area contributed by atoms with Crippen LogP contribution in [0.3, 0.4) is 0 Å². The molecule has 6 heteroatoms. The maximum absolute atomic E-state index is 12.1. The predicted octanol–water partition coefficient (Wildman–Crippen LogP) is 2.98. The van der Waals surface area contributed by atoms with Gasteiger partial charge in [0.15, 0.2) is 0 Å². The van der Waals surface area contributed by atoms with Crippen LogP contribution in [0.5, 0.6) is 0 Å². The van der Waals surface area contributed by atoms with Crippen LogP contribution >= 0.6 is 11.3 Å². The number of hydrogen-bond donors (Lipinski definition) is 1. The van der Waals surface area contributed by atoms with Crippen molar-refractivity contribution in [3.8, 4) is 0 Å². The molecule has 0 saturated carbocycles. The minimum atomic E-state index is -4.18. The molecule has 0 aliphatic carbocycles. The van der Waals surface area contributed by atoms with E-state index in [1.54, 1.807) is 6.07 Å². The highest BCUT2D eigenvalue weighted by molar-refractivity contribution is 7.19. The van der Waals surface area contributed by atoms with Gasteiger partial charge in [-0.05, 0) is 17.5 Å². The molecule has 0 aromatic carbocycles. The Bertz CT molecular complexity index is 490. The van der Waals surface area contributed by atoms with Gasteiger partial charge in [0, 0.05) is 11.1 Å². The number of hydrogen-bond acceptors (Lipinski definition) is 3. The molecule has 0 spiro atoms. The number of nitrogens with two attached hydrogens (primary N) is 1. The zero-order valence-corrected chi connectivity index (χ0v) is 8.32. The molecule has 2 heterocycles. The van der Waals surface area contributed by atoms with Gasteiger partial charge < -0.3 is 5.73 Å². The van der Waals surface area contributed by atoms with Gasteiger partial charge in [-0.2, -0.15) is 13.2 Å². The van der Waals surface area contributed by atoms with Crippen LogP contribution in [0.4, 0.5) is 19.0 Å². The van der Waals surface area contributed by atoms with Crippen LogP contribution in [0.2, 0.25) is 0 Å². The van der Waals surface area contributed by atoms with Gasteiger partial charge in [-0.25, -0.2) is 4.98 Å². The zero-order valence-electron chi connectivity index (χ0n) is 7.51. The quantitative estimate of drug-likeness (QED) is 0.820. The van der Waals surface area contributed by atoms with Gasteiger partial charge in [0.1, 0.15) is 5.82 Å². The third-order valence-electron chi connectivity index (χ3n) is 1.89. The van der Waals surface area contributed by atoms with Crippen molar-refractivity contribution in [2.75, 3.05) is 5.73 Å². The lowest BCUT2D eigenvalue weighted by Gasteiger charge is -2.01. The minimum absolute atomic E-state index is 0.261. The Balaban J connectivity index is 2.44. The molecule has 0 unspecified atom stereocenters. The van der Waals surface area contributed by atoms with E-state index < -0.39 is 12.6 Å². The molecule has 2 nitrogen and oxygen atoms in total. The van der Waals surface area contributed by atoms with Crippen molar-refractivity contribution in [2.24, 2.45) is 0 Å². The zero-order chi connectivity index (χ0) is 11.1. The standard InChI is InChI=1S/C9H7F3N2S/c10-9(11,12)4-6-3-5-1-2-14-8(13)7(5)15-6/h1-3H,4H2,(H2,13,14). The second kappa shape index (κ2) is 3.37. The second-order valence-electron chi connectivity index (χ2n) is 3.12. The number of halogens is 3. The fourth-order valence-electron chi connectivity index (χ4n) is 1.32. The maximum Gasteiger partial charge on any atom is 0.393 e. The predicted molar refractivity (Wildman–Crippen MR) is 53.8 cm³/mol. The fourth-order valence-corrected chi connectivity index (χ4v) is 2.41. The lowest BCUT2D eigenvalue weighted by molar-refractivity contribution is -0.126. The van der Waals surface area contributed by atoms with Gasteiger partial charge >= 0.3 is 6.18 Å². The van der Waals surface area contributed by atoms with E-state index in [9.17, 15) is 13.2 Å². The summed E-state index contributed by atoms with van der Waals surface area (Å²) in [5.74, 6) is 0.283. The molecule has 0 fully saturated rings. The smallest absolute Gasteiger partial charge is 0.383 e. The largest absolute Gasteiger partial charge is 0.393 e. The number of rotatable bonds is 1. The lowest BCUT2D eigenvalue weighted by atomic mass is 10.2. The first-order valence-electron chi connectivity index (χ1n) is 4.15. The van der Waals surface area contributed by atoms with Crippen LogP contribution in [0, 0.1) is 0 Å². The molecule has 2 aromatic rings. The van der Waals surface area contributed by atoms with Crippen molar-refractivity contribution in [1.29, 1.82) is 0 Å². The summed E-state index contributed by atoms with van der Waals surface area (Å²) >= 11 is 1.04. The number of fused-ring (bicyclic) bond motifs is 1. The lowest BCUT2D eigenvalue weighted by Crippen LogP contribution is -2.09. The molecule has 2 rings (SSSR count). The third-order valence-corrected chi connectivity index (χ3v) is 3.06. The first kappa shape index (κ1) is 10.2. The molecule has 2 N–H and O–H groups in total. The van der Waals surface area contributed by atoms with Crippen LogP contribution < -0.4 is 5.73 Å². The normalized spacial score (nSPS) is 12.2. The molecular weight excluding hydrogens is 225 g/mol.